The number of methoxy groups -OCH3 is 1. The quantitative estimate of drug-likeness (QED) is 0.717. The molecule has 0 unspecified atom stereocenters. The Morgan fingerprint density at radius 1 is 0.917 bits per heavy atom. The fourth-order valence-electron chi connectivity index (χ4n) is 2.19. The highest BCUT2D eigenvalue weighted by atomic mass is 16.5. The number of rotatable bonds is 6. The maximum atomic E-state index is 5.14. The Morgan fingerprint density at radius 2 is 1.58 bits per heavy atom. The van der Waals surface area contributed by atoms with Crippen LogP contribution < -0.4 is 15.4 Å². The van der Waals surface area contributed by atoms with Crippen LogP contribution in [0.25, 0.3) is 0 Å². The smallest absolute Gasteiger partial charge is 0.249 e. The molecule has 0 fully saturated rings. The molecule has 0 saturated carbocycles. The molecule has 3 aromatic rings. The molecule has 0 aliphatic heterocycles. The van der Waals surface area contributed by atoms with Gasteiger partial charge in [0.2, 0.25) is 5.95 Å². The van der Waals surface area contributed by atoms with Crippen LogP contribution in [0.3, 0.4) is 0 Å². The van der Waals surface area contributed by atoms with Gasteiger partial charge in [-0.05, 0) is 48.4 Å². The third-order valence-electron chi connectivity index (χ3n) is 3.54. The van der Waals surface area contributed by atoms with Gasteiger partial charge in [-0.1, -0.05) is 19.1 Å². The van der Waals surface area contributed by atoms with E-state index in [1.54, 1.807) is 13.3 Å². The molecule has 0 amide bonds. The lowest BCUT2D eigenvalue weighted by Gasteiger charge is -2.08. The molecule has 2 N–H and O–H groups in total. The Balaban J connectivity index is 1.70. The highest BCUT2D eigenvalue weighted by Gasteiger charge is 2.03. The Morgan fingerprint density at radius 3 is 2.25 bits per heavy atom. The van der Waals surface area contributed by atoms with E-state index in [4.69, 9.17) is 4.74 Å². The van der Waals surface area contributed by atoms with E-state index < -0.39 is 0 Å². The normalized spacial score (nSPS) is 10.2. The number of anilines is 4. The summed E-state index contributed by atoms with van der Waals surface area (Å²) >= 11 is 0. The van der Waals surface area contributed by atoms with E-state index in [9.17, 15) is 0 Å². The van der Waals surface area contributed by atoms with Gasteiger partial charge < -0.3 is 15.4 Å². The molecular formula is C18H19N5O. The van der Waals surface area contributed by atoms with Crippen molar-refractivity contribution in [2.24, 2.45) is 0 Å². The molecule has 0 radical (unpaired) electrons. The second-order valence-electron chi connectivity index (χ2n) is 5.19. The zero-order valence-electron chi connectivity index (χ0n) is 13.7. The van der Waals surface area contributed by atoms with Crippen molar-refractivity contribution in [1.29, 1.82) is 0 Å². The van der Waals surface area contributed by atoms with E-state index in [0.29, 0.717) is 11.8 Å². The topological polar surface area (TPSA) is 72.0 Å². The molecule has 24 heavy (non-hydrogen) atoms. The fourth-order valence-corrected chi connectivity index (χ4v) is 2.19. The highest BCUT2D eigenvalue weighted by molar-refractivity contribution is 5.59. The zero-order chi connectivity index (χ0) is 16.8. The van der Waals surface area contributed by atoms with Crippen LogP contribution in [-0.4, -0.2) is 22.3 Å². The number of nitrogens with one attached hydrogen (secondary N) is 2. The van der Waals surface area contributed by atoms with Crippen molar-refractivity contribution in [3.05, 3.63) is 60.3 Å². The average molecular weight is 321 g/mol. The van der Waals surface area contributed by atoms with Gasteiger partial charge in [0.15, 0.2) is 5.82 Å². The van der Waals surface area contributed by atoms with E-state index in [2.05, 4.69) is 44.9 Å². The molecule has 122 valence electrons. The molecule has 2 aromatic carbocycles. The monoisotopic (exact) mass is 321 g/mol. The number of nitrogens with zero attached hydrogens (tertiary/aromatic N) is 3. The molecule has 1 aromatic heterocycles. The number of hydrogen-bond donors (Lipinski definition) is 2. The molecule has 0 aliphatic rings. The van der Waals surface area contributed by atoms with Crippen molar-refractivity contribution < 1.29 is 4.74 Å². The first kappa shape index (κ1) is 15.7. The number of hydrogen-bond acceptors (Lipinski definition) is 6. The minimum atomic E-state index is 0.426. The summed E-state index contributed by atoms with van der Waals surface area (Å²) in [6, 6.07) is 15.8. The lowest BCUT2D eigenvalue weighted by Crippen LogP contribution is -2.02. The summed E-state index contributed by atoms with van der Waals surface area (Å²) < 4.78 is 5.14. The SMILES string of the molecule is CCc1ccc(Nc2cnnc(Nc3ccc(OC)cc3)n2)cc1. The Kier molecular flexibility index (Phi) is 4.86. The molecule has 0 aliphatic carbocycles. The Bertz CT molecular complexity index is 723. The van der Waals surface area contributed by atoms with Gasteiger partial charge in [0.1, 0.15) is 5.75 Å². The predicted octanol–water partition coefficient (Wildman–Crippen LogP) is 3.93. The van der Waals surface area contributed by atoms with E-state index >= 15 is 0 Å². The van der Waals surface area contributed by atoms with Crippen LogP contribution in [0.5, 0.6) is 5.75 Å². The maximum absolute atomic E-state index is 5.14. The van der Waals surface area contributed by atoms with Crippen LogP contribution in [0.15, 0.2) is 54.7 Å². The van der Waals surface area contributed by atoms with Gasteiger partial charge in [-0.2, -0.15) is 10.1 Å². The fraction of sp³-hybridized carbons (Fsp3) is 0.167. The summed E-state index contributed by atoms with van der Waals surface area (Å²) in [5.41, 5.74) is 3.12. The van der Waals surface area contributed by atoms with Crippen molar-refractivity contribution in [3.63, 3.8) is 0 Å². The van der Waals surface area contributed by atoms with Gasteiger partial charge in [-0.15, -0.1) is 5.10 Å². The van der Waals surface area contributed by atoms with Gasteiger partial charge >= 0.3 is 0 Å². The number of benzene rings is 2. The number of ether oxygens (including phenoxy) is 1. The maximum Gasteiger partial charge on any atom is 0.249 e. The molecule has 1 heterocycles. The Hall–Kier alpha value is -3.15. The summed E-state index contributed by atoms with van der Waals surface area (Å²) in [5.74, 6) is 1.85. The van der Waals surface area contributed by atoms with Gasteiger partial charge in [0.05, 0.1) is 13.3 Å². The molecule has 6 nitrogen and oxygen atoms in total. The molecule has 0 bridgehead atoms. The largest absolute Gasteiger partial charge is 0.497 e. The van der Waals surface area contributed by atoms with E-state index in [-0.39, 0.29) is 0 Å². The van der Waals surface area contributed by atoms with Crippen molar-refractivity contribution in [2.75, 3.05) is 17.7 Å². The summed E-state index contributed by atoms with van der Waals surface area (Å²) in [7, 11) is 1.64. The molecular weight excluding hydrogens is 302 g/mol. The first-order valence-electron chi connectivity index (χ1n) is 7.73. The summed E-state index contributed by atoms with van der Waals surface area (Å²) in [6.07, 6.45) is 2.61. The van der Waals surface area contributed by atoms with Crippen molar-refractivity contribution in [1.82, 2.24) is 15.2 Å². The first-order valence-corrected chi connectivity index (χ1v) is 7.73. The van der Waals surface area contributed by atoms with Crippen molar-refractivity contribution >= 4 is 23.1 Å². The predicted molar refractivity (Wildman–Crippen MR) is 95.2 cm³/mol. The third-order valence-corrected chi connectivity index (χ3v) is 3.54. The molecule has 0 spiro atoms. The average Bonchev–Trinajstić information content (AvgIpc) is 2.63. The summed E-state index contributed by atoms with van der Waals surface area (Å²) in [5, 5.41) is 14.3. The van der Waals surface area contributed by atoms with Crippen LogP contribution >= 0.6 is 0 Å². The lowest BCUT2D eigenvalue weighted by molar-refractivity contribution is 0.415. The number of aromatic nitrogens is 3. The lowest BCUT2D eigenvalue weighted by atomic mass is 10.1. The summed E-state index contributed by atoms with van der Waals surface area (Å²) in [6.45, 7) is 2.13. The minimum absolute atomic E-state index is 0.426. The van der Waals surface area contributed by atoms with Crippen molar-refractivity contribution in [2.45, 2.75) is 13.3 Å². The second kappa shape index (κ2) is 7.41. The minimum Gasteiger partial charge on any atom is -0.497 e. The van der Waals surface area contributed by atoms with Gasteiger partial charge in [0.25, 0.3) is 0 Å². The molecule has 6 heteroatoms. The first-order chi connectivity index (χ1) is 11.8. The van der Waals surface area contributed by atoms with E-state index in [0.717, 1.165) is 23.5 Å². The second-order valence-corrected chi connectivity index (χ2v) is 5.19. The van der Waals surface area contributed by atoms with Gasteiger partial charge in [0, 0.05) is 11.4 Å². The van der Waals surface area contributed by atoms with Gasteiger partial charge in [-0.3, -0.25) is 0 Å². The van der Waals surface area contributed by atoms with Crippen LogP contribution in [-0.2, 0) is 6.42 Å². The van der Waals surface area contributed by atoms with E-state index in [1.165, 1.54) is 5.56 Å². The Labute approximate surface area is 140 Å². The van der Waals surface area contributed by atoms with Gasteiger partial charge in [-0.25, -0.2) is 0 Å². The van der Waals surface area contributed by atoms with Crippen LogP contribution in [0.1, 0.15) is 12.5 Å². The van der Waals surface area contributed by atoms with Crippen LogP contribution in [0.2, 0.25) is 0 Å². The zero-order valence-corrected chi connectivity index (χ0v) is 13.7. The van der Waals surface area contributed by atoms with Crippen LogP contribution in [0, 0.1) is 0 Å². The molecule has 0 saturated heterocycles. The van der Waals surface area contributed by atoms with Crippen molar-refractivity contribution in [3.8, 4) is 5.75 Å². The number of aryl methyl sites for hydroxylation is 1. The molecule has 3 rings (SSSR count). The standard InChI is InChI=1S/C18H19N5O/c1-3-13-4-6-14(7-5-13)20-17-12-19-23-18(22-17)21-15-8-10-16(24-2)11-9-15/h4-12H,3H2,1-2H3,(H2,20,21,22,23). The molecule has 0 atom stereocenters. The highest BCUT2D eigenvalue weighted by Crippen LogP contribution is 2.19. The van der Waals surface area contributed by atoms with Crippen LogP contribution in [0.4, 0.5) is 23.1 Å². The summed E-state index contributed by atoms with van der Waals surface area (Å²) in [4.78, 5) is 4.42. The van der Waals surface area contributed by atoms with E-state index in [1.807, 2.05) is 36.4 Å². The third kappa shape index (κ3) is 3.98.